The highest BCUT2D eigenvalue weighted by atomic mass is 16.4. The van der Waals surface area contributed by atoms with E-state index in [0.717, 1.165) is 11.8 Å². The van der Waals surface area contributed by atoms with Crippen molar-refractivity contribution in [1.29, 1.82) is 0 Å². The van der Waals surface area contributed by atoms with Crippen molar-refractivity contribution in [1.82, 2.24) is 4.90 Å². The SMILES string of the molecule is CN(C(=O)/C=C/c1ccccc1)[C@H](/C=N/O)C(=O)c1ccccc1. The first-order chi connectivity index (χ1) is 11.6. The predicted molar refractivity (Wildman–Crippen MR) is 93.1 cm³/mol. The van der Waals surface area contributed by atoms with Gasteiger partial charge in [0.05, 0.1) is 6.21 Å². The quantitative estimate of drug-likeness (QED) is 0.292. The minimum absolute atomic E-state index is 0.322. The summed E-state index contributed by atoms with van der Waals surface area (Å²) in [7, 11) is 1.49. The zero-order chi connectivity index (χ0) is 17.4. The molecule has 2 aromatic rings. The molecular formula is C19H18N2O3. The highest BCUT2D eigenvalue weighted by molar-refractivity contribution is 6.12. The van der Waals surface area contributed by atoms with Gasteiger partial charge in [-0.25, -0.2) is 0 Å². The molecule has 0 saturated heterocycles. The number of nitrogens with zero attached hydrogens (tertiary/aromatic N) is 2. The average molecular weight is 322 g/mol. The van der Waals surface area contributed by atoms with Crippen LogP contribution in [0.15, 0.2) is 71.9 Å². The van der Waals surface area contributed by atoms with E-state index in [-0.39, 0.29) is 11.7 Å². The van der Waals surface area contributed by atoms with E-state index in [1.807, 2.05) is 30.3 Å². The molecule has 2 rings (SSSR count). The first-order valence-electron chi connectivity index (χ1n) is 7.40. The van der Waals surface area contributed by atoms with E-state index >= 15 is 0 Å². The van der Waals surface area contributed by atoms with Crippen LogP contribution >= 0.6 is 0 Å². The van der Waals surface area contributed by atoms with Crippen LogP contribution in [0.2, 0.25) is 0 Å². The van der Waals surface area contributed by atoms with Crippen LogP contribution in [0.1, 0.15) is 15.9 Å². The molecular weight excluding hydrogens is 304 g/mol. The molecule has 0 spiro atoms. The molecule has 0 bridgehead atoms. The Morgan fingerprint density at radius 1 is 1.04 bits per heavy atom. The Bertz CT molecular complexity index is 740. The van der Waals surface area contributed by atoms with Crippen molar-refractivity contribution in [2.75, 3.05) is 7.05 Å². The van der Waals surface area contributed by atoms with Crippen molar-refractivity contribution < 1.29 is 14.8 Å². The molecule has 0 aromatic heterocycles. The van der Waals surface area contributed by atoms with E-state index in [0.29, 0.717) is 5.56 Å². The zero-order valence-corrected chi connectivity index (χ0v) is 13.2. The van der Waals surface area contributed by atoms with Gasteiger partial charge in [-0.05, 0) is 11.6 Å². The van der Waals surface area contributed by atoms with E-state index in [2.05, 4.69) is 5.16 Å². The summed E-state index contributed by atoms with van der Waals surface area (Å²) in [4.78, 5) is 26.1. The maximum Gasteiger partial charge on any atom is 0.247 e. The van der Waals surface area contributed by atoms with Crippen LogP contribution in [0.3, 0.4) is 0 Å². The molecule has 0 heterocycles. The van der Waals surface area contributed by atoms with Gasteiger partial charge in [0.1, 0.15) is 6.04 Å². The van der Waals surface area contributed by atoms with Gasteiger partial charge >= 0.3 is 0 Å². The van der Waals surface area contributed by atoms with Crippen LogP contribution in [0.25, 0.3) is 6.08 Å². The number of benzene rings is 2. The van der Waals surface area contributed by atoms with Gasteiger partial charge in [0, 0.05) is 18.7 Å². The highest BCUT2D eigenvalue weighted by Crippen LogP contribution is 2.09. The maximum atomic E-state index is 12.5. The third-order valence-electron chi connectivity index (χ3n) is 3.52. The average Bonchev–Trinajstić information content (AvgIpc) is 2.64. The number of carbonyl (C=O) groups is 2. The monoisotopic (exact) mass is 322 g/mol. The van der Waals surface area contributed by atoms with Gasteiger partial charge in [0.2, 0.25) is 5.91 Å². The fraction of sp³-hybridized carbons (Fsp3) is 0.105. The first-order valence-corrected chi connectivity index (χ1v) is 7.40. The van der Waals surface area contributed by atoms with E-state index in [4.69, 9.17) is 5.21 Å². The Morgan fingerprint density at radius 2 is 1.62 bits per heavy atom. The number of likely N-dealkylation sites (N-methyl/N-ethyl adjacent to an activating group) is 1. The van der Waals surface area contributed by atoms with Crippen molar-refractivity contribution in [2.24, 2.45) is 5.16 Å². The van der Waals surface area contributed by atoms with Crippen molar-refractivity contribution in [3.8, 4) is 0 Å². The molecule has 122 valence electrons. The third-order valence-corrected chi connectivity index (χ3v) is 3.52. The summed E-state index contributed by atoms with van der Waals surface area (Å²) in [5, 5.41) is 11.8. The van der Waals surface area contributed by atoms with E-state index in [1.165, 1.54) is 18.0 Å². The lowest BCUT2D eigenvalue weighted by molar-refractivity contribution is -0.125. The molecule has 1 atom stereocenters. The molecule has 0 aliphatic heterocycles. The molecule has 1 amide bonds. The fourth-order valence-electron chi connectivity index (χ4n) is 2.17. The molecule has 0 aliphatic carbocycles. The van der Waals surface area contributed by atoms with Crippen LogP contribution in [0.5, 0.6) is 0 Å². The number of hydrogen-bond donors (Lipinski definition) is 1. The van der Waals surface area contributed by atoms with Gasteiger partial charge in [-0.15, -0.1) is 0 Å². The van der Waals surface area contributed by atoms with E-state index < -0.39 is 6.04 Å². The molecule has 5 heteroatoms. The number of carbonyl (C=O) groups excluding carboxylic acids is 2. The van der Waals surface area contributed by atoms with Crippen molar-refractivity contribution in [2.45, 2.75) is 6.04 Å². The van der Waals surface area contributed by atoms with E-state index in [9.17, 15) is 9.59 Å². The summed E-state index contributed by atoms with van der Waals surface area (Å²) in [5.74, 6) is -0.689. The van der Waals surface area contributed by atoms with Crippen LogP contribution in [-0.2, 0) is 4.79 Å². The lowest BCUT2D eigenvalue weighted by Crippen LogP contribution is -2.43. The summed E-state index contributed by atoms with van der Waals surface area (Å²) >= 11 is 0. The molecule has 2 aromatic carbocycles. The van der Waals surface area contributed by atoms with Gasteiger partial charge in [-0.1, -0.05) is 65.8 Å². The second-order valence-electron chi connectivity index (χ2n) is 5.13. The van der Waals surface area contributed by atoms with Crippen LogP contribution in [0.4, 0.5) is 0 Å². The largest absolute Gasteiger partial charge is 0.411 e. The second-order valence-corrected chi connectivity index (χ2v) is 5.13. The molecule has 0 saturated carbocycles. The molecule has 24 heavy (non-hydrogen) atoms. The number of rotatable bonds is 6. The minimum Gasteiger partial charge on any atom is -0.411 e. The summed E-state index contributed by atoms with van der Waals surface area (Å²) in [5.41, 5.74) is 1.31. The maximum absolute atomic E-state index is 12.5. The number of Topliss-reactive ketones (excluding diaryl/α,β-unsaturated/α-hetero) is 1. The lowest BCUT2D eigenvalue weighted by Gasteiger charge is -2.22. The summed E-state index contributed by atoms with van der Waals surface area (Å²) < 4.78 is 0. The number of hydrogen-bond acceptors (Lipinski definition) is 4. The highest BCUT2D eigenvalue weighted by Gasteiger charge is 2.25. The van der Waals surface area contributed by atoms with Crippen LogP contribution in [-0.4, -0.2) is 41.1 Å². The van der Waals surface area contributed by atoms with Crippen molar-refractivity contribution >= 4 is 24.0 Å². The summed E-state index contributed by atoms with van der Waals surface area (Å²) in [6, 6.07) is 16.9. The van der Waals surface area contributed by atoms with Gasteiger partial charge in [-0.3, -0.25) is 9.59 Å². The Balaban J connectivity index is 2.16. The number of oxime groups is 1. The topological polar surface area (TPSA) is 70.0 Å². The normalized spacial score (nSPS) is 12.4. The summed E-state index contributed by atoms with van der Waals surface area (Å²) in [6.45, 7) is 0. The molecule has 0 radical (unpaired) electrons. The standard InChI is InChI=1S/C19H18N2O3/c1-21(18(22)13-12-15-8-4-2-5-9-15)17(14-20-24)19(23)16-10-6-3-7-11-16/h2-14,17,24H,1H3/b13-12+,20-14+/t17-/m1/s1. The predicted octanol–water partition coefficient (Wildman–Crippen LogP) is 2.87. The Morgan fingerprint density at radius 3 is 2.21 bits per heavy atom. The van der Waals surface area contributed by atoms with E-state index in [1.54, 1.807) is 36.4 Å². The minimum atomic E-state index is -0.981. The van der Waals surface area contributed by atoms with Crippen LogP contribution < -0.4 is 0 Å². The fourth-order valence-corrected chi connectivity index (χ4v) is 2.17. The first kappa shape index (κ1) is 17.1. The molecule has 1 N–H and O–H groups in total. The molecule has 5 nitrogen and oxygen atoms in total. The number of amides is 1. The third kappa shape index (κ3) is 4.39. The van der Waals surface area contributed by atoms with Gasteiger partial charge < -0.3 is 10.1 Å². The summed E-state index contributed by atoms with van der Waals surface area (Å²) in [6.07, 6.45) is 4.09. The number of ketones is 1. The van der Waals surface area contributed by atoms with Gasteiger partial charge in [-0.2, -0.15) is 0 Å². The smallest absolute Gasteiger partial charge is 0.247 e. The van der Waals surface area contributed by atoms with Gasteiger partial charge in [0.25, 0.3) is 0 Å². The van der Waals surface area contributed by atoms with Gasteiger partial charge in [0.15, 0.2) is 5.78 Å². The Kier molecular flexibility index (Phi) is 6.02. The second kappa shape index (κ2) is 8.43. The zero-order valence-electron chi connectivity index (χ0n) is 13.2. The molecule has 0 unspecified atom stereocenters. The Hall–Kier alpha value is -3.21. The molecule has 0 fully saturated rings. The lowest BCUT2D eigenvalue weighted by atomic mass is 10.0. The molecule has 0 aliphatic rings. The van der Waals surface area contributed by atoms with Crippen LogP contribution in [0, 0.1) is 0 Å². The van der Waals surface area contributed by atoms with Crippen molar-refractivity contribution in [3.63, 3.8) is 0 Å². The Labute approximate surface area is 140 Å². The van der Waals surface area contributed by atoms with Crippen molar-refractivity contribution in [3.05, 3.63) is 77.9 Å².